The molecule has 0 radical (unpaired) electrons. The van der Waals surface area contributed by atoms with Crippen molar-refractivity contribution in [1.82, 2.24) is 15.1 Å². The first-order valence-corrected chi connectivity index (χ1v) is 8.51. The van der Waals surface area contributed by atoms with Gasteiger partial charge in [0.1, 0.15) is 5.69 Å². The molecule has 0 spiro atoms. The van der Waals surface area contributed by atoms with E-state index in [1.807, 2.05) is 19.9 Å². The van der Waals surface area contributed by atoms with E-state index in [2.05, 4.69) is 15.7 Å². The van der Waals surface area contributed by atoms with Crippen molar-refractivity contribution in [2.75, 3.05) is 5.32 Å². The van der Waals surface area contributed by atoms with E-state index in [1.165, 1.54) is 6.07 Å². The number of aliphatic hydroxyl groups excluding tert-OH is 1. The number of hydrogen-bond acceptors (Lipinski definition) is 3. The summed E-state index contributed by atoms with van der Waals surface area (Å²) in [5.74, 6) is -0.454. The highest BCUT2D eigenvalue weighted by molar-refractivity contribution is 5.89. The van der Waals surface area contributed by atoms with Crippen LogP contribution in [0.1, 0.15) is 37.1 Å². The fourth-order valence-corrected chi connectivity index (χ4v) is 3.20. The van der Waals surface area contributed by atoms with Crippen LogP contribution in [0.15, 0.2) is 24.3 Å². The van der Waals surface area contributed by atoms with Gasteiger partial charge in [-0.2, -0.15) is 5.10 Å². The molecule has 0 unspecified atom stereocenters. The monoisotopic (exact) mass is 346 g/mol. The predicted molar refractivity (Wildman–Crippen MR) is 93.4 cm³/mol. The molecule has 1 aromatic heterocycles. The van der Waals surface area contributed by atoms with Crippen molar-refractivity contribution in [2.24, 2.45) is 0 Å². The van der Waals surface area contributed by atoms with Crippen LogP contribution in [0.5, 0.6) is 0 Å². The van der Waals surface area contributed by atoms with Gasteiger partial charge in [-0.25, -0.2) is 13.9 Å². The van der Waals surface area contributed by atoms with Gasteiger partial charge < -0.3 is 15.7 Å². The molecule has 6 nitrogen and oxygen atoms in total. The lowest BCUT2D eigenvalue weighted by Crippen LogP contribution is -2.40. The number of amides is 2. The third-order valence-corrected chi connectivity index (χ3v) is 4.48. The van der Waals surface area contributed by atoms with E-state index in [-0.39, 0.29) is 18.2 Å². The third-order valence-electron chi connectivity index (χ3n) is 4.48. The number of halogens is 1. The number of urea groups is 1. The molecule has 3 N–H and O–H groups in total. The summed E-state index contributed by atoms with van der Waals surface area (Å²) in [5, 5.41) is 19.3. The second-order valence-corrected chi connectivity index (χ2v) is 6.61. The van der Waals surface area contributed by atoms with Gasteiger partial charge in [0.25, 0.3) is 0 Å². The van der Waals surface area contributed by atoms with Gasteiger partial charge in [-0.05, 0) is 63.8 Å². The largest absolute Gasteiger partial charge is 0.393 e. The van der Waals surface area contributed by atoms with Gasteiger partial charge >= 0.3 is 6.03 Å². The molecule has 1 saturated carbocycles. The summed E-state index contributed by atoms with van der Waals surface area (Å²) in [6.45, 7) is 3.71. The van der Waals surface area contributed by atoms with Gasteiger partial charge in [0.05, 0.1) is 11.8 Å². The zero-order valence-electron chi connectivity index (χ0n) is 14.4. The van der Waals surface area contributed by atoms with Crippen LogP contribution < -0.4 is 10.6 Å². The maximum atomic E-state index is 14.4. The number of anilines is 1. The van der Waals surface area contributed by atoms with Crippen molar-refractivity contribution in [1.29, 1.82) is 0 Å². The number of nitrogens with one attached hydrogen (secondary N) is 2. The second-order valence-electron chi connectivity index (χ2n) is 6.61. The Morgan fingerprint density at radius 3 is 2.56 bits per heavy atom. The van der Waals surface area contributed by atoms with Gasteiger partial charge in [-0.3, -0.25) is 0 Å². The topological polar surface area (TPSA) is 79.2 Å². The number of nitrogens with zero attached hydrogens (tertiary/aromatic N) is 2. The Bertz CT molecular complexity index is 766. The average Bonchev–Trinajstić information content (AvgIpc) is 2.88. The number of aliphatic hydroxyl groups is 1. The molecule has 0 aliphatic heterocycles. The first-order chi connectivity index (χ1) is 11.9. The number of aryl methyl sites for hydroxylation is 2. The number of benzene rings is 1. The lowest BCUT2D eigenvalue weighted by molar-refractivity contribution is 0.118. The number of carbonyl (C=O) groups excluding carboxylic acids is 1. The quantitative estimate of drug-likeness (QED) is 0.799. The van der Waals surface area contributed by atoms with Crippen LogP contribution >= 0.6 is 0 Å². The Morgan fingerprint density at radius 1 is 1.24 bits per heavy atom. The number of aromatic nitrogens is 2. The average molecular weight is 346 g/mol. The van der Waals surface area contributed by atoms with Crippen molar-refractivity contribution in [2.45, 2.75) is 51.7 Å². The highest BCUT2D eigenvalue weighted by atomic mass is 19.1. The van der Waals surface area contributed by atoms with Crippen LogP contribution in [0.25, 0.3) is 5.69 Å². The Labute approximate surface area is 146 Å². The maximum Gasteiger partial charge on any atom is 0.319 e. The summed E-state index contributed by atoms with van der Waals surface area (Å²) in [5.41, 5.74) is 2.39. The third kappa shape index (κ3) is 4.17. The number of carbonyl (C=O) groups is 1. The minimum atomic E-state index is -0.454. The van der Waals surface area contributed by atoms with Crippen LogP contribution in [0.3, 0.4) is 0 Å². The van der Waals surface area contributed by atoms with Crippen molar-refractivity contribution >= 4 is 11.7 Å². The van der Waals surface area contributed by atoms with Crippen molar-refractivity contribution in [3.05, 3.63) is 41.5 Å². The molecule has 1 aromatic carbocycles. The minimum absolute atomic E-state index is 0.0437. The molecule has 2 amide bonds. The van der Waals surface area contributed by atoms with Crippen molar-refractivity contribution < 1.29 is 14.3 Å². The first kappa shape index (κ1) is 17.4. The van der Waals surface area contributed by atoms with Gasteiger partial charge in [-0.15, -0.1) is 0 Å². The zero-order chi connectivity index (χ0) is 18.0. The van der Waals surface area contributed by atoms with Crippen LogP contribution in [-0.2, 0) is 0 Å². The first-order valence-electron chi connectivity index (χ1n) is 8.51. The molecular formula is C18H23FN4O2. The van der Waals surface area contributed by atoms with E-state index >= 15 is 0 Å². The molecule has 0 saturated heterocycles. The second kappa shape index (κ2) is 7.23. The van der Waals surface area contributed by atoms with Gasteiger partial charge in [0.15, 0.2) is 5.82 Å². The van der Waals surface area contributed by atoms with E-state index in [9.17, 15) is 14.3 Å². The molecule has 2 aromatic rings. The van der Waals surface area contributed by atoms with Crippen LogP contribution in [0.4, 0.5) is 14.9 Å². The molecule has 0 bridgehead atoms. The summed E-state index contributed by atoms with van der Waals surface area (Å²) in [7, 11) is 0. The smallest absolute Gasteiger partial charge is 0.319 e. The van der Waals surface area contributed by atoms with Crippen LogP contribution in [0, 0.1) is 19.7 Å². The highest BCUT2D eigenvalue weighted by Gasteiger charge is 2.21. The Balaban J connectivity index is 1.64. The highest BCUT2D eigenvalue weighted by Crippen LogP contribution is 2.21. The molecular weight excluding hydrogens is 323 g/mol. The van der Waals surface area contributed by atoms with E-state index in [4.69, 9.17) is 0 Å². The standard InChI is InChI=1S/C18H23FN4O2/c1-11-9-12(2)23(22-11)17-8-5-14(10-16(17)19)21-18(25)20-13-3-6-15(24)7-4-13/h5,8-10,13,15,24H,3-4,6-7H2,1-2H3,(H2,20,21,25). The molecule has 1 aliphatic carbocycles. The summed E-state index contributed by atoms with van der Waals surface area (Å²) in [4.78, 5) is 12.1. The Morgan fingerprint density at radius 2 is 1.96 bits per heavy atom. The van der Waals surface area contributed by atoms with Crippen LogP contribution in [0.2, 0.25) is 0 Å². The zero-order valence-corrected chi connectivity index (χ0v) is 14.4. The molecule has 25 heavy (non-hydrogen) atoms. The van der Waals surface area contributed by atoms with Gasteiger partial charge in [0, 0.05) is 17.4 Å². The van der Waals surface area contributed by atoms with Crippen molar-refractivity contribution in [3.63, 3.8) is 0 Å². The lowest BCUT2D eigenvalue weighted by Gasteiger charge is -2.26. The molecule has 1 aliphatic rings. The van der Waals surface area contributed by atoms with E-state index in [0.717, 1.165) is 24.2 Å². The molecule has 0 atom stereocenters. The minimum Gasteiger partial charge on any atom is -0.393 e. The Kier molecular flexibility index (Phi) is 5.03. The summed E-state index contributed by atoms with van der Waals surface area (Å²) in [6, 6.07) is 6.10. The maximum absolute atomic E-state index is 14.4. The van der Waals surface area contributed by atoms with Crippen molar-refractivity contribution in [3.8, 4) is 5.69 Å². The lowest BCUT2D eigenvalue weighted by atomic mass is 9.93. The molecule has 1 heterocycles. The fourth-order valence-electron chi connectivity index (χ4n) is 3.20. The number of hydrogen-bond donors (Lipinski definition) is 3. The summed E-state index contributed by atoms with van der Waals surface area (Å²) < 4.78 is 16.0. The summed E-state index contributed by atoms with van der Waals surface area (Å²) in [6.07, 6.45) is 2.62. The fraction of sp³-hybridized carbons (Fsp3) is 0.444. The molecule has 3 rings (SSSR count). The molecule has 134 valence electrons. The van der Waals surface area contributed by atoms with Gasteiger partial charge in [-0.1, -0.05) is 0 Å². The van der Waals surface area contributed by atoms with Crippen LogP contribution in [-0.4, -0.2) is 33.1 Å². The van der Waals surface area contributed by atoms with E-state index in [1.54, 1.807) is 16.8 Å². The van der Waals surface area contributed by atoms with E-state index < -0.39 is 5.82 Å². The Hall–Kier alpha value is -2.41. The molecule has 1 fully saturated rings. The predicted octanol–water partition coefficient (Wildman–Crippen LogP) is 3.05. The SMILES string of the molecule is Cc1cc(C)n(-c2ccc(NC(=O)NC3CCC(O)CC3)cc2F)n1. The molecule has 7 heteroatoms. The summed E-state index contributed by atoms with van der Waals surface area (Å²) >= 11 is 0. The van der Waals surface area contributed by atoms with Gasteiger partial charge in [0.2, 0.25) is 0 Å². The number of rotatable bonds is 3. The van der Waals surface area contributed by atoms with E-state index in [0.29, 0.717) is 24.2 Å². The normalized spacial score (nSPS) is 20.3.